The fourth-order valence-corrected chi connectivity index (χ4v) is 4.66. The molecule has 0 bridgehead atoms. The molecule has 0 unspecified atom stereocenters. The molecule has 0 spiro atoms. The molecule has 0 aliphatic rings. The quantitative estimate of drug-likeness (QED) is 0.216. The fraction of sp³-hybridized carbons (Fsp3) is 0.0417. The van der Waals surface area contributed by atoms with Crippen LogP contribution in [0, 0.1) is 6.92 Å². The Balaban J connectivity index is 1.64. The van der Waals surface area contributed by atoms with Crippen LogP contribution in [0.25, 0.3) is 10.9 Å². The van der Waals surface area contributed by atoms with Crippen LogP contribution in [0.5, 0.6) is 0 Å². The van der Waals surface area contributed by atoms with Crippen LogP contribution < -0.4 is 16.1 Å². The van der Waals surface area contributed by atoms with Crippen molar-refractivity contribution < 1.29 is 14.4 Å². The highest BCUT2D eigenvalue weighted by atomic mass is 79.9. The lowest BCUT2D eigenvalue weighted by Gasteiger charge is -2.14. The van der Waals surface area contributed by atoms with Gasteiger partial charge in [0.05, 0.1) is 16.2 Å². The number of aromatic nitrogens is 1. The molecular weight excluding hydrogens is 623 g/mol. The smallest absolute Gasteiger partial charge is 0.319 e. The molecule has 7 nitrogen and oxygen atoms in total. The van der Waals surface area contributed by atoms with Crippen LogP contribution in [0.2, 0.25) is 10.0 Å². The number of benzene rings is 3. The van der Waals surface area contributed by atoms with Crippen molar-refractivity contribution in [1.82, 2.24) is 4.68 Å². The molecule has 3 aromatic carbocycles. The van der Waals surface area contributed by atoms with Gasteiger partial charge in [0.2, 0.25) is 0 Å². The maximum atomic E-state index is 13.2. The van der Waals surface area contributed by atoms with Crippen LogP contribution >= 0.6 is 55.1 Å². The Morgan fingerprint density at radius 3 is 2.20 bits per heavy atom. The second kappa shape index (κ2) is 10.4. The largest absolute Gasteiger partial charge is 0.328 e. The van der Waals surface area contributed by atoms with Crippen molar-refractivity contribution >= 4 is 95.1 Å². The zero-order valence-corrected chi connectivity index (χ0v) is 22.6. The van der Waals surface area contributed by atoms with Gasteiger partial charge in [-0.15, -0.1) is 0 Å². The molecule has 0 fully saturated rings. The minimum atomic E-state index is -0.952. The van der Waals surface area contributed by atoms with Gasteiger partial charge in [-0.05, 0) is 73.2 Å². The average Bonchev–Trinajstić information content (AvgIpc) is 3.14. The molecule has 1 heterocycles. The number of anilines is 2. The van der Waals surface area contributed by atoms with E-state index in [1.54, 1.807) is 55.5 Å². The third kappa shape index (κ3) is 5.70. The molecule has 0 atom stereocenters. The zero-order chi connectivity index (χ0) is 25.3. The van der Waals surface area contributed by atoms with E-state index in [4.69, 9.17) is 23.2 Å². The van der Waals surface area contributed by atoms with Gasteiger partial charge in [-0.25, -0.2) is 4.68 Å². The third-order valence-electron chi connectivity index (χ3n) is 5.03. The van der Waals surface area contributed by atoms with Crippen molar-refractivity contribution in [2.24, 2.45) is 0 Å². The van der Waals surface area contributed by atoms with Gasteiger partial charge in [-0.1, -0.05) is 55.1 Å². The van der Waals surface area contributed by atoms with E-state index in [1.165, 1.54) is 10.7 Å². The van der Waals surface area contributed by atoms with Crippen molar-refractivity contribution in [1.29, 1.82) is 0 Å². The van der Waals surface area contributed by atoms with E-state index in [0.717, 1.165) is 14.5 Å². The first kappa shape index (κ1) is 25.2. The van der Waals surface area contributed by atoms with Gasteiger partial charge in [0.25, 0.3) is 5.91 Å². The number of carbonyl (C=O) groups excluding carboxylic acids is 3. The van der Waals surface area contributed by atoms with Crippen LogP contribution in [0.3, 0.4) is 0 Å². The number of hydrogen-bond acceptors (Lipinski definition) is 3. The Hall–Kier alpha value is -2.85. The summed E-state index contributed by atoms with van der Waals surface area (Å²) < 4.78 is 2.89. The summed E-state index contributed by atoms with van der Waals surface area (Å²) in [6.07, 6.45) is 0. The molecule has 0 aliphatic carbocycles. The molecule has 0 aliphatic heterocycles. The predicted octanol–water partition coefficient (Wildman–Crippen LogP) is 6.74. The summed E-state index contributed by atoms with van der Waals surface area (Å²) in [5.74, 6) is -2.39. The number of fused-ring (bicyclic) bond motifs is 1. The molecule has 3 amide bonds. The number of aryl methyl sites for hydroxylation is 1. The van der Waals surface area contributed by atoms with Crippen LogP contribution in [0.4, 0.5) is 11.4 Å². The standard InChI is InChI=1S/C24H16Br2Cl2N4O3/c1-12-8-14(25)2-5-18(12)29-23(34)24(35)31-32-20-7-3-15(26)9-13(20)10-21(32)22(33)30-19-6-4-16(27)11-17(19)28/h2-11H,1H3,(H,29,34)(H,30,33)(H,31,35). The number of amides is 3. The first-order valence-electron chi connectivity index (χ1n) is 10.1. The third-order valence-corrected chi connectivity index (χ3v) is 6.57. The summed E-state index contributed by atoms with van der Waals surface area (Å²) in [5, 5.41) is 6.63. The molecule has 4 aromatic rings. The molecule has 0 saturated heterocycles. The van der Waals surface area contributed by atoms with Gasteiger partial charge in [0, 0.05) is 25.0 Å². The van der Waals surface area contributed by atoms with E-state index in [9.17, 15) is 14.4 Å². The Kier molecular flexibility index (Phi) is 7.51. The van der Waals surface area contributed by atoms with E-state index >= 15 is 0 Å². The number of nitrogens with one attached hydrogen (secondary N) is 3. The van der Waals surface area contributed by atoms with Crippen molar-refractivity contribution in [3.63, 3.8) is 0 Å². The summed E-state index contributed by atoms with van der Waals surface area (Å²) >= 11 is 18.9. The second-order valence-corrected chi connectivity index (χ2v) is 10.2. The van der Waals surface area contributed by atoms with Crippen LogP contribution in [0.15, 0.2) is 69.6 Å². The summed E-state index contributed by atoms with van der Waals surface area (Å²) in [6, 6.07) is 16.8. The molecule has 0 saturated carbocycles. The SMILES string of the molecule is Cc1cc(Br)ccc1NC(=O)C(=O)Nn1c(C(=O)Nc2ccc(Cl)cc2Cl)cc2cc(Br)ccc21. The van der Waals surface area contributed by atoms with Crippen molar-refractivity contribution in [3.05, 3.63) is 90.9 Å². The van der Waals surface area contributed by atoms with Gasteiger partial charge in [0.1, 0.15) is 5.69 Å². The zero-order valence-electron chi connectivity index (χ0n) is 18.0. The molecule has 11 heteroatoms. The van der Waals surface area contributed by atoms with E-state index in [1.807, 2.05) is 6.07 Å². The maximum absolute atomic E-state index is 13.2. The van der Waals surface area contributed by atoms with Gasteiger partial charge in [0.15, 0.2) is 0 Å². The first-order valence-corrected chi connectivity index (χ1v) is 12.4. The minimum absolute atomic E-state index is 0.0880. The number of hydrogen-bond donors (Lipinski definition) is 3. The Labute approximate surface area is 227 Å². The predicted molar refractivity (Wildman–Crippen MR) is 146 cm³/mol. The van der Waals surface area contributed by atoms with Crippen LogP contribution in [0.1, 0.15) is 16.1 Å². The van der Waals surface area contributed by atoms with Gasteiger partial charge < -0.3 is 10.6 Å². The summed E-state index contributed by atoms with van der Waals surface area (Å²) in [6.45, 7) is 1.81. The lowest BCUT2D eigenvalue weighted by Crippen LogP contribution is -2.36. The molecule has 0 radical (unpaired) electrons. The highest BCUT2D eigenvalue weighted by Crippen LogP contribution is 2.28. The first-order chi connectivity index (χ1) is 16.6. The lowest BCUT2D eigenvalue weighted by molar-refractivity contribution is -0.133. The average molecular weight is 639 g/mol. The van der Waals surface area contributed by atoms with Crippen LogP contribution in [-0.4, -0.2) is 22.4 Å². The van der Waals surface area contributed by atoms with Crippen molar-refractivity contribution in [3.8, 4) is 0 Å². The Morgan fingerprint density at radius 2 is 1.49 bits per heavy atom. The second-order valence-electron chi connectivity index (χ2n) is 7.50. The number of carbonyl (C=O) groups is 3. The van der Waals surface area contributed by atoms with Crippen molar-refractivity contribution in [2.45, 2.75) is 6.92 Å². The maximum Gasteiger partial charge on any atom is 0.328 e. The van der Waals surface area contributed by atoms with E-state index in [2.05, 4.69) is 47.9 Å². The number of rotatable bonds is 4. The van der Waals surface area contributed by atoms with Gasteiger partial charge in [-0.3, -0.25) is 19.8 Å². The van der Waals surface area contributed by atoms with Crippen molar-refractivity contribution in [2.75, 3.05) is 16.1 Å². The summed E-state index contributed by atoms with van der Waals surface area (Å²) in [7, 11) is 0. The summed E-state index contributed by atoms with van der Waals surface area (Å²) in [5.41, 5.74) is 4.73. The molecule has 3 N–H and O–H groups in total. The van der Waals surface area contributed by atoms with E-state index < -0.39 is 17.7 Å². The number of nitrogens with zero attached hydrogens (tertiary/aromatic N) is 1. The lowest BCUT2D eigenvalue weighted by atomic mass is 10.2. The van der Waals surface area contributed by atoms with Gasteiger partial charge >= 0.3 is 11.8 Å². The number of halogens is 4. The molecule has 4 rings (SSSR count). The molecule has 178 valence electrons. The molecule has 35 heavy (non-hydrogen) atoms. The molecule has 1 aromatic heterocycles. The normalized spacial score (nSPS) is 10.8. The van der Waals surface area contributed by atoms with Gasteiger partial charge in [-0.2, -0.15) is 0 Å². The minimum Gasteiger partial charge on any atom is -0.319 e. The Bertz CT molecular complexity index is 1500. The highest BCUT2D eigenvalue weighted by Gasteiger charge is 2.22. The molecular formula is C24H16Br2Cl2N4O3. The summed E-state index contributed by atoms with van der Waals surface area (Å²) in [4.78, 5) is 38.6. The van der Waals surface area contributed by atoms with Crippen LogP contribution in [-0.2, 0) is 9.59 Å². The monoisotopic (exact) mass is 636 g/mol. The highest BCUT2D eigenvalue weighted by molar-refractivity contribution is 9.10. The van der Waals surface area contributed by atoms with E-state index in [-0.39, 0.29) is 10.7 Å². The van der Waals surface area contributed by atoms with E-state index in [0.29, 0.717) is 27.3 Å². The fourth-order valence-electron chi connectivity index (χ4n) is 3.35. The Morgan fingerprint density at radius 1 is 0.800 bits per heavy atom. The topological polar surface area (TPSA) is 92.2 Å².